The zero-order valence-electron chi connectivity index (χ0n) is 13.8. The van der Waals surface area contributed by atoms with E-state index in [1.165, 1.54) is 0 Å². The van der Waals surface area contributed by atoms with Gasteiger partial charge in [0.25, 0.3) is 5.91 Å². The first kappa shape index (κ1) is 15.8. The maximum atomic E-state index is 12.8. The van der Waals surface area contributed by atoms with Crippen molar-refractivity contribution in [3.05, 3.63) is 89.5 Å². The van der Waals surface area contributed by atoms with Crippen molar-refractivity contribution >= 4 is 23.0 Å². The van der Waals surface area contributed by atoms with E-state index >= 15 is 0 Å². The Labute approximate surface area is 142 Å². The first-order valence-corrected chi connectivity index (χ1v) is 7.94. The molecular formula is C21H20N2O. The summed E-state index contributed by atoms with van der Waals surface area (Å²) in [5, 5.41) is 6.35. The number of carbonyl (C=O) groups excluding carboxylic acids is 1. The molecule has 0 fully saturated rings. The quantitative estimate of drug-likeness (QED) is 0.686. The Bertz CT molecular complexity index is 836. The maximum absolute atomic E-state index is 12.8. The maximum Gasteiger partial charge on any atom is 0.257 e. The highest BCUT2D eigenvalue weighted by atomic mass is 16.1. The third-order valence-corrected chi connectivity index (χ3v) is 3.94. The van der Waals surface area contributed by atoms with Gasteiger partial charge in [0.15, 0.2) is 0 Å². The Morgan fingerprint density at radius 1 is 0.750 bits per heavy atom. The largest absolute Gasteiger partial charge is 0.355 e. The predicted octanol–water partition coefficient (Wildman–Crippen LogP) is 5.30. The molecule has 0 radical (unpaired) electrons. The van der Waals surface area contributed by atoms with E-state index in [4.69, 9.17) is 0 Å². The van der Waals surface area contributed by atoms with Crippen molar-refractivity contribution in [1.29, 1.82) is 0 Å². The zero-order valence-corrected chi connectivity index (χ0v) is 13.8. The minimum absolute atomic E-state index is 0.119. The van der Waals surface area contributed by atoms with Gasteiger partial charge in [-0.25, -0.2) is 0 Å². The lowest BCUT2D eigenvalue weighted by Crippen LogP contribution is -2.15. The molecule has 120 valence electrons. The van der Waals surface area contributed by atoms with Crippen LogP contribution in [0.1, 0.15) is 21.5 Å². The van der Waals surface area contributed by atoms with Crippen molar-refractivity contribution < 1.29 is 4.79 Å². The van der Waals surface area contributed by atoms with Gasteiger partial charge in [0.1, 0.15) is 0 Å². The average molecular weight is 316 g/mol. The molecule has 0 aliphatic carbocycles. The summed E-state index contributed by atoms with van der Waals surface area (Å²) in [4.78, 5) is 12.8. The number of aryl methyl sites for hydroxylation is 2. The minimum Gasteiger partial charge on any atom is -0.355 e. The topological polar surface area (TPSA) is 41.1 Å². The molecule has 0 unspecified atom stereocenters. The van der Waals surface area contributed by atoms with Crippen LogP contribution in [0.3, 0.4) is 0 Å². The summed E-state index contributed by atoms with van der Waals surface area (Å²) in [6, 6.07) is 23.3. The monoisotopic (exact) mass is 316 g/mol. The molecule has 0 spiro atoms. The average Bonchev–Trinajstić information content (AvgIpc) is 2.59. The first-order valence-electron chi connectivity index (χ1n) is 7.94. The summed E-state index contributed by atoms with van der Waals surface area (Å²) in [6.45, 7) is 3.99. The number of anilines is 3. The molecule has 3 rings (SSSR count). The molecule has 24 heavy (non-hydrogen) atoms. The summed E-state index contributed by atoms with van der Waals surface area (Å²) in [5.74, 6) is -0.119. The van der Waals surface area contributed by atoms with E-state index in [1.807, 2.05) is 86.6 Å². The highest BCUT2D eigenvalue weighted by Crippen LogP contribution is 2.24. The number of carbonyl (C=O) groups is 1. The molecule has 0 heterocycles. The van der Waals surface area contributed by atoms with Gasteiger partial charge in [0, 0.05) is 11.4 Å². The van der Waals surface area contributed by atoms with Gasteiger partial charge in [0.05, 0.1) is 11.3 Å². The van der Waals surface area contributed by atoms with Crippen LogP contribution in [-0.2, 0) is 0 Å². The van der Waals surface area contributed by atoms with Crippen molar-refractivity contribution in [2.75, 3.05) is 10.6 Å². The normalized spacial score (nSPS) is 10.2. The lowest BCUT2D eigenvalue weighted by Gasteiger charge is -2.14. The fourth-order valence-electron chi connectivity index (χ4n) is 2.66. The van der Waals surface area contributed by atoms with E-state index in [0.717, 1.165) is 28.2 Å². The van der Waals surface area contributed by atoms with Crippen LogP contribution < -0.4 is 10.6 Å². The van der Waals surface area contributed by atoms with Crippen LogP contribution in [0.5, 0.6) is 0 Å². The number of hydrogen-bond donors (Lipinski definition) is 2. The third-order valence-electron chi connectivity index (χ3n) is 3.94. The van der Waals surface area contributed by atoms with E-state index < -0.39 is 0 Å². The van der Waals surface area contributed by atoms with Crippen LogP contribution in [0.15, 0.2) is 72.8 Å². The molecule has 0 aliphatic rings. The van der Waals surface area contributed by atoms with Crippen LogP contribution in [-0.4, -0.2) is 5.91 Å². The summed E-state index contributed by atoms with van der Waals surface area (Å²) in [5.41, 5.74) is 5.33. The molecule has 0 saturated carbocycles. The molecule has 3 aromatic carbocycles. The zero-order chi connectivity index (χ0) is 16.9. The Morgan fingerprint density at radius 3 is 2.08 bits per heavy atom. The third kappa shape index (κ3) is 3.46. The second-order valence-corrected chi connectivity index (χ2v) is 5.76. The van der Waals surface area contributed by atoms with E-state index in [0.29, 0.717) is 5.56 Å². The molecular weight excluding hydrogens is 296 g/mol. The second-order valence-electron chi connectivity index (χ2n) is 5.76. The Hall–Kier alpha value is -3.07. The molecule has 3 heteroatoms. The molecule has 0 aromatic heterocycles. The van der Waals surface area contributed by atoms with Crippen LogP contribution in [0.4, 0.5) is 17.1 Å². The number of nitrogens with one attached hydrogen (secondary N) is 2. The highest BCUT2D eigenvalue weighted by molar-refractivity contribution is 6.09. The standard InChI is InChI=1S/C21H20N2O/c1-15-9-8-10-16(2)20(15)23-21(24)18-13-6-7-14-19(18)22-17-11-4-3-5-12-17/h3-14,22H,1-2H3,(H,23,24). The Kier molecular flexibility index (Phi) is 4.62. The lowest BCUT2D eigenvalue weighted by molar-refractivity contribution is 0.102. The van der Waals surface area contributed by atoms with E-state index in [1.54, 1.807) is 0 Å². The number of rotatable bonds is 4. The summed E-state index contributed by atoms with van der Waals surface area (Å²) in [6.07, 6.45) is 0. The van der Waals surface area contributed by atoms with Crippen LogP contribution >= 0.6 is 0 Å². The molecule has 0 bridgehead atoms. The van der Waals surface area contributed by atoms with E-state index in [2.05, 4.69) is 10.6 Å². The van der Waals surface area contributed by atoms with Gasteiger partial charge in [0.2, 0.25) is 0 Å². The van der Waals surface area contributed by atoms with Gasteiger partial charge in [-0.3, -0.25) is 4.79 Å². The van der Waals surface area contributed by atoms with Crippen molar-refractivity contribution in [2.24, 2.45) is 0 Å². The molecule has 3 aromatic rings. The van der Waals surface area contributed by atoms with E-state index in [-0.39, 0.29) is 5.91 Å². The molecule has 0 saturated heterocycles. The van der Waals surface area contributed by atoms with Gasteiger partial charge in [-0.15, -0.1) is 0 Å². The molecule has 0 aliphatic heterocycles. The van der Waals surface area contributed by atoms with Crippen molar-refractivity contribution in [1.82, 2.24) is 0 Å². The van der Waals surface area contributed by atoms with Crippen LogP contribution in [0, 0.1) is 13.8 Å². The van der Waals surface area contributed by atoms with Crippen LogP contribution in [0.25, 0.3) is 0 Å². The molecule has 3 nitrogen and oxygen atoms in total. The van der Waals surface area contributed by atoms with Gasteiger partial charge in [-0.05, 0) is 49.2 Å². The number of amides is 1. The predicted molar refractivity (Wildman–Crippen MR) is 100 cm³/mol. The summed E-state index contributed by atoms with van der Waals surface area (Å²) < 4.78 is 0. The van der Waals surface area contributed by atoms with Gasteiger partial charge in [-0.1, -0.05) is 48.5 Å². The van der Waals surface area contributed by atoms with Crippen molar-refractivity contribution in [2.45, 2.75) is 13.8 Å². The molecule has 0 atom stereocenters. The van der Waals surface area contributed by atoms with Gasteiger partial charge < -0.3 is 10.6 Å². The van der Waals surface area contributed by atoms with E-state index in [9.17, 15) is 4.79 Å². The number of benzene rings is 3. The number of para-hydroxylation sites is 3. The SMILES string of the molecule is Cc1cccc(C)c1NC(=O)c1ccccc1Nc1ccccc1. The Morgan fingerprint density at radius 2 is 1.38 bits per heavy atom. The fraction of sp³-hybridized carbons (Fsp3) is 0.0952. The second kappa shape index (κ2) is 7.01. The lowest BCUT2D eigenvalue weighted by atomic mass is 10.1. The smallest absolute Gasteiger partial charge is 0.257 e. The first-order chi connectivity index (χ1) is 11.6. The van der Waals surface area contributed by atoms with Crippen LogP contribution in [0.2, 0.25) is 0 Å². The highest BCUT2D eigenvalue weighted by Gasteiger charge is 2.13. The minimum atomic E-state index is -0.119. The summed E-state index contributed by atoms with van der Waals surface area (Å²) in [7, 11) is 0. The molecule has 1 amide bonds. The van der Waals surface area contributed by atoms with Crippen molar-refractivity contribution in [3.63, 3.8) is 0 Å². The summed E-state index contributed by atoms with van der Waals surface area (Å²) >= 11 is 0. The Balaban J connectivity index is 1.88. The fourth-order valence-corrected chi connectivity index (χ4v) is 2.66. The van der Waals surface area contributed by atoms with Crippen molar-refractivity contribution in [3.8, 4) is 0 Å². The number of hydrogen-bond acceptors (Lipinski definition) is 2. The van der Waals surface area contributed by atoms with Gasteiger partial charge in [-0.2, -0.15) is 0 Å². The molecule has 2 N–H and O–H groups in total. The van der Waals surface area contributed by atoms with Gasteiger partial charge >= 0.3 is 0 Å².